The third-order valence-electron chi connectivity index (χ3n) is 2.60. The summed E-state index contributed by atoms with van der Waals surface area (Å²) in [6.45, 7) is 1.51. The van der Waals surface area contributed by atoms with E-state index in [1.165, 1.54) is 0 Å². The third kappa shape index (κ3) is 2.72. The molecule has 0 aliphatic heterocycles. The number of aromatic amines is 1. The van der Waals surface area contributed by atoms with Crippen LogP contribution in [0.4, 0.5) is 0 Å². The van der Waals surface area contributed by atoms with Crippen molar-refractivity contribution in [2.45, 2.75) is 19.0 Å². The molecular weight excluding hydrogens is 218 g/mol. The predicted molar refractivity (Wildman–Crippen MR) is 63.3 cm³/mol. The number of H-pyrrole nitrogens is 1. The fraction of sp³-hybridized carbons (Fsp3) is 0.455. The summed E-state index contributed by atoms with van der Waals surface area (Å²) in [5.74, 6) is 0.749. The maximum Gasteiger partial charge on any atom is 0.129 e. The van der Waals surface area contributed by atoms with E-state index in [-0.39, 0.29) is 6.04 Å². The maximum absolute atomic E-state index is 6.12. The number of nitrogens with two attached hydrogens (primary N) is 1. The smallest absolute Gasteiger partial charge is 0.129 e. The Balaban J connectivity index is 2.08. The SMILES string of the molecule is COCCCn1nccc1C(N)c1ncc[nH]1. The quantitative estimate of drug-likeness (QED) is 0.722. The van der Waals surface area contributed by atoms with Crippen LogP contribution in [-0.2, 0) is 11.3 Å². The molecule has 17 heavy (non-hydrogen) atoms. The Bertz CT molecular complexity index is 436. The Morgan fingerprint density at radius 1 is 1.53 bits per heavy atom. The van der Waals surface area contributed by atoms with Crippen LogP contribution < -0.4 is 5.73 Å². The van der Waals surface area contributed by atoms with Gasteiger partial charge in [0, 0.05) is 38.9 Å². The average molecular weight is 235 g/mol. The summed E-state index contributed by atoms with van der Waals surface area (Å²) < 4.78 is 6.92. The minimum Gasteiger partial charge on any atom is -0.385 e. The molecule has 1 atom stereocenters. The summed E-state index contributed by atoms with van der Waals surface area (Å²) in [6, 6.07) is 1.65. The molecule has 2 aromatic rings. The lowest BCUT2D eigenvalue weighted by atomic mass is 10.2. The Labute approximate surface area is 99.8 Å². The average Bonchev–Trinajstić information content (AvgIpc) is 3.00. The Hall–Kier alpha value is -1.66. The normalized spacial score (nSPS) is 12.8. The Morgan fingerprint density at radius 2 is 2.41 bits per heavy atom. The van der Waals surface area contributed by atoms with Gasteiger partial charge in [0.05, 0.1) is 5.69 Å². The number of methoxy groups -OCH3 is 1. The Kier molecular flexibility index (Phi) is 3.89. The molecule has 2 rings (SSSR count). The van der Waals surface area contributed by atoms with Crippen molar-refractivity contribution < 1.29 is 4.74 Å². The van der Waals surface area contributed by atoms with Crippen molar-refractivity contribution in [1.29, 1.82) is 0 Å². The molecule has 1 unspecified atom stereocenters. The van der Waals surface area contributed by atoms with Gasteiger partial charge in [0.1, 0.15) is 11.9 Å². The van der Waals surface area contributed by atoms with E-state index in [2.05, 4.69) is 15.1 Å². The van der Waals surface area contributed by atoms with Gasteiger partial charge in [-0.15, -0.1) is 0 Å². The lowest BCUT2D eigenvalue weighted by Gasteiger charge is -2.12. The van der Waals surface area contributed by atoms with Crippen LogP contribution in [0.25, 0.3) is 0 Å². The van der Waals surface area contributed by atoms with E-state index in [1.807, 2.05) is 10.7 Å². The zero-order chi connectivity index (χ0) is 12.1. The molecule has 0 saturated carbocycles. The first kappa shape index (κ1) is 11.8. The number of hydrogen-bond donors (Lipinski definition) is 2. The monoisotopic (exact) mass is 235 g/mol. The molecule has 0 spiro atoms. The van der Waals surface area contributed by atoms with Gasteiger partial charge in [0.25, 0.3) is 0 Å². The molecule has 0 saturated heterocycles. The van der Waals surface area contributed by atoms with Crippen molar-refractivity contribution in [2.75, 3.05) is 13.7 Å². The number of imidazole rings is 1. The van der Waals surface area contributed by atoms with Gasteiger partial charge in [0.15, 0.2) is 0 Å². The minimum atomic E-state index is -0.268. The summed E-state index contributed by atoms with van der Waals surface area (Å²) in [5, 5.41) is 4.26. The van der Waals surface area contributed by atoms with Gasteiger partial charge in [-0.3, -0.25) is 4.68 Å². The first-order chi connectivity index (χ1) is 8.33. The van der Waals surface area contributed by atoms with Crippen molar-refractivity contribution in [1.82, 2.24) is 19.7 Å². The fourth-order valence-corrected chi connectivity index (χ4v) is 1.74. The van der Waals surface area contributed by atoms with Gasteiger partial charge < -0.3 is 15.5 Å². The molecule has 2 heterocycles. The summed E-state index contributed by atoms with van der Waals surface area (Å²) in [6.07, 6.45) is 6.13. The number of hydrogen-bond acceptors (Lipinski definition) is 4. The second-order valence-corrected chi connectivity index (χ2v) is 3.78. The highest BCUT2D eigenvalue weighted by molar-refractivity contribution is 5.15. The van der Waals surface area contributed by atoms with Crippen LogP contribution in [0.15, 0.2) is 24.7 Å². The van der Waals surface area contributed by atoms with Gasteiger partial charge in [-0.25, -0.2) is 4.98 Å². The van der Waals surface area contributed by atoms with E-state index in [1.54, 1.807) is 25.7 Å². The molecule has 0 radical (unpaired) electrons. The highest BCUT2D eigenvalue weighted by Crippen LogP contribution is 2.15. The number of nitrogens with zero attached hydrogens (tertiary/aromatic N) is 3. The van der Waals surface area contributed by atoms with Crippen LogP contribution in [0, 0.1) is 0 Å². The van der Waals surface area contributed by atoms with E-state index in [0.717, 1.165) is 31.1 Å². The molecule has 92 valence electrons. The highest BCUT2D eigenvalue weighted by atomic mass is 16.5. The van der Waals surface area contributed by atoms with Crippen molar-refractivity contribution >= 4 is 0 Å². The third-order valence-corrected chi connectivity index (χ3v) is 2.60. The predicted octanol–water partition coefficient (Wildman–Crippen LogP) is 0.691. The summed E-state index contributed by atoms with van der Waals surface area (Å²) in [4.78, 5) is 7.18. The van der Waals surface area contributed by atoms with Crippen LogP contribution >= 0.6 is 0 Å². The molecule has 3 N–H and O–H groups in total. The molecule has 2 aromatic heterocycles. The van der Waals surface area contributed by atoms with Crippen LogP contribution in [-0.4, -0.2) is 33.5 Å². The second kappa shape index (κ2) is 5.60. The number of nitrogens with one attached hydrogen (secondary N) is 1. The van der Waals surface area contributed by atoms with Gasteiger partial charge in [0.2, 0.25) is 0 Å². The first-order valence-corrected chi connectivity index (χ1v) is 5.58. The zero-order valence-corrected chi connectivity index (χ0v) is 9.84. The van der Waals surface area contributed by atoms with Gasteiger partial charge in [-0.2, -0.15) is 5.10 Å². The van der Waals surface area contributed by atoms with E-state index in [9.17, 15) is 0 Å². The Morgan fingerprint density at radius 3 is 3.12 bits per heavy atom. The molecule has 0 bridgehead atoms. The van der Waals surface area contributed by atoms with Crippen LogP contribution in [0.1, 0.15) is 24.0 Å². The van der Waals surface area contributed by atoms with Gasteiger partial charge in [-0.1, -0.05) is 0 Å². The first-order valence-electron chi connectivity index (χ1n) is 5.58. The van der Waals surface area contributed by atoms with E-state index >= 15 is 0 Å². The fourth-order valence-electron chi connectivity index (χ4n) is 1.74. The number of aromatic nitrogens is 4. The molecule has 0 fully saturated rings. The lowest BCUT2D eigenvalue weighted by molar-refractivity contribution is 0.188. The molecule has 0 aromatic carbocycles. The summed E-state index contributed by atoms with van der Waals surface area (Å²) >= 11 is 0. The van der Waals surface area contributed by atoms with Gasteiger partial charge >= 0.3 is 0 Å². The van der Waals surface area contributed by atoms with Crippen LogP contribution in [0.3, 0.4) is 0 Å². The molecule has 0 aliphatic carbocycles. The van der Waals surface area contributed by atoms with Crippen molar-refractivity contribution in [2.24, 2.45) is 5.73 Å². The number of aryl methyl sites for hydroxylation is 1. The molecule has 0 amide bonds. The number of rotatable bonds is 6. The molecule has 0 aliphatic rings. The van der Waals surface area contributed by atoms with E-state index in [4.69, 9.17) is 10.5 Å². The summed E-state index contributed by atoms with van der Waals surface area (Å²) in [5.41, 5.74) is 7.08. The topological polar surface area (TPSA) is 81.8 Å². The maximum atomic E-state index is 6.12. The van der Waals surface area contributed by atoms with Crippen molar-refractivity contribution in [3.05, 3.63) is 36.2 Å². The largest absolute Gasteiger partial charge is 0.385 e. The molecular formula is C11H17N5O. The lowest BCUT2D eigenvalue weighted by Crippen LogP contribution is -2.19. The molecule has 6 nitrogen and oxygen atoms in total. The van der Waals surface area contributed by atoms with E-state index < -0.39 is 0 Å². The van der Waals surface area contributed by atoms with Crippen molar-refractivity contribution in [3.63, 3.8) is 0 Å². The van der Waals surface area contributed by atoms with Crippen molar-refractivity contribution in [3.8, 4) is 0 Å². The second-order valence-electron chi connectivity index (χ2n) is 3.78. The van der Waals surface area contributed by atoms with Gasteiger partial charge in [-0.05, 0) is 12.5 Å². The zero-order valence-electron chi connectivity index (χ0n) is 9.84. The molecule has 6 heteroatoms. The standard InChI is InChI=1S/C11H17N5O/c1-17-8-2-7-16-9(3-4-15-16)10(12)11-13-5-6-14-11/h3-6,10H,2,7-8,12H2,1H3,(H,13,14). The summed E-state index contributed by atoms with van der Waals surface area (Å²) in [7, 11) is 1.69. The van der Waals surface area contributed by atoms with Crippen LogP contribution in [0.5, 0.6) is 0 Å². The number of ether oxygens (including phenoxy) is 1. The minimum absolute atomic E-state index is 0.268. The van der Waals surface area contributed by atoms with E-state index in [0.29, 0.717) is 0 Å². The highest BCUT2D eigenvalue weighted by Gasteiger charge is 2.15. The van der Waals surface area contributed by atoms with Crippen LogP contribution in [0.2, 0.25) is 0 Å².